The van der Waals surface area contributed by atoms with Crippen LogP contribution in [0.3, 0.4) is 0 Å². The van der Waals surface area contributed by atoms with Crippen molar-refractivity contribution in [1.82, 2.24) is 24.5 Å². The second-order valence-electron chi connectivity index (χ2n) is 4.97. The lowest BCUT2D eigenvalue weighted by Crippen LogP contribution is -2.16. The maximum Gasteiger partial charge on any atom is 0.248 e. The highest BCUT2D eigenvalue weighted by atomic mass is 79.9. The summed E-state index contributed by atoms with van der Waals surface area (Å²) in [5.41, 5.74) is 1.12. The van der Waals surface area contributed by atoms with Gasteiger partial charge in [-0.1, -0.05) is 30.3 Å². The monoisotopic (exact) mass is 374 g/mol. The Morgan fingerprint density at radius 2 is 2.04 bits per heavy atom. The van der Waals surface area contributed by atoms with E-state index in [1.807, 2.05) is 36.5 Å². The number of rotatable bonds is 6. The zero-order valence-electron chi connectivity index (χ0n) is 12.3. The van der Waals surface area contributed by atoms with Gasteiger partial charge in [0, 0.05) is 19.2 Å². The average molecular weight is 375 g/mol. The molecule has 1 aromatic carbocycles. The first-order chi connectivity index (χ1) is 11.2. The van der Waals surface area contributed by atoms with Gasteiger partial charge in [0.25, 0.3) is 0 Å². The molecule has 1 amide bonds. The van der Waals surface area contributed by atoms with E-state index in [-0.39, 0.29) is 5.91 Å². The summed E-state index contributed by atoms with van der Waals surface area (Å²) >= 11 is 3.32. The van der Waals surface area contributed by atoms with Crippen molar-refractivity contribution in [2.45, 2.75) is 19.5 Å². The molecular weight excluding hydrogens is 360 g/mol. The molecule has 7 nitrogen and oxygen atoms in total. The van der Waals surface area contributed by atoms with Crippen LogP contribution in [0.4, 0.5) is 5.95 Å². The number of aromatic nitrogens is 5. The van der Waals surface area contributed by atoms with Gasteiger partial charge in [-0.15, -0.1) is 5.10 Å². The smallest absolute Gasteiger partial charge is 0.248 e. The SMILES string of the molecule is O=C(CCn1cc(Br)cn1)Nc1ncn(Cc2ccccc2)n1. The van der Waals surface area contributed by atoms with E-state index in [2.05, 4.69) is 36.4 Å². The molecule has 0 unspecified atom stereocenters. The first-order valence-corrected chi connectivity index (χ1v) is 7.89. The van der Waals surface area contributed by atoms with Gasteiger partial charge in [-0.3, -0.25) is 14.8 Å². The number of hydrogen-bond donors (Lipinski definition) is 1. The van der Waals surface area contributed by atoms with Crippen molar-refractivity contribution in [2.75, 3.05) is 5.32 Å². The molecule has 0 aliphatic heterocycles. The molecule has 0 saturated heterocycles. The number of carbonyl (C=O) groups excluding carboxylic acids is 1. The standard InChI is InChI=1S/C15H15BrN6O/c16-13-8-18-21(10-13)7-6-14(23)19-15-17-11-22(20-15)9-12-4-2-1-3-5-12/h1-5,8,10-11H,6-7,9H2,(H,19,20,23). The Hall–Kier alpha value is -2.48. The lowest BCUT2D eigenvalue weighted by atomic mass is 10.2. The van der Waals surface area contributed by atoms with Crippen molar-refractivity contribution in [3.05, 3.63) is 59.1 Å². The molecule has 0 aliphatic carbocycles. The van der Waals surface area contributed by atoms with Crippen LogP contribution in [0.15, 0.2) is 53.5 Å². The average Bonchev–Trinajstić information content (AvgIpc) is 3.15. The first-order valence-electron chi connectivity index (χ1n) is 7.10. The van der Waals surface area contributed by atoms with Gasteiger partial charge in [0.1, 0.15) is 6.33 Å². The lowest BCUT2D eigenvalue weighted by molar-refractivity contribution is -0.116. The summed E-state index contributed by atoms with van der Waals surface area (Å²) in [6.45, 7) is 1.12. The van der Waals surface area contributed by atoms with Crippen LogP contribution in [0.2, 0.25) is 0 Å². The fourth-order valence-electron chi connectivity index (χ4n) is 2.06. The number of aryl methyl sites for hydroxylation is 1. The van der Waals surface area contributed by atoms with Gasteiger partial charge in [-0.25, -0.2) is 9.67 Å². The third-order valence-corrected chi connectivity index (χ3v) is 3.55. The Bertz CT molecular complexity index is 782. The molecule has 23 heavy (non-hydrogen) atoms. The van der Waals surface area contributed by atoms with Gasteiger partial charge < -0.3 is 0 Å². The number of nitrogens with zero attached hydrogens (tertiary/aromatic N) is 5. The molecule has 0 saturated carbocycles. The minimum Gasteiger partial charge on any atom is -0.293 e. The van der Waals surface area contributed by atoms with Crippen molar-refractivity contribution < 1.29 is 4.79 Å². The van der Waals surface area contributed by atoms with Gasteiger partial charge in [0.2, 0.25) is 11.9 Å². The van der Waals surface area contributed by atoms with Crippen LogP contribution in [0.1, 0.15) is 12.0 Å². The highest BCUT2D eigenvalue weighted by molar-refractivity contribution is 9.10. The van der Waals surface area contributed by atoms with Gasteiger partial charge in [-0.2, -0.15) is 5.10 Å². The molecular formula is C15H15BrN6O. The highest BCUT2D eigenvalue weighted by Crippen LogP contribution is 2.07. The first kappa shape index (κ1) is 15.4. The van der Waals surface area contributed by atoms with Crippen LogP contribution in [0.25, 0.3) is 0 Å². The van der Waals surface area contributed by atoms with E-state index in [0.717, 1.165) is 10.0 Å². The molecule has 0 aliphatic rings. The minimum atomic E-state index is -0.144. The molecule has 0 bridgehead atoms. The summed E-state index contributed by atoms with van der Waals surface area (Å²) in [4.78, 5) is 16.0. The van der Waals surface area contributed by atoms with Gasteiger partial charge >= 0.3 is 0 Å². The van der Waals surface area contributed by atoms with Crippen LogP contribution >= 0.6 is 15.9 Å². The number of hydrogen-bond acceptors (Lipinski definition) is 4. The molecule has 0 radical (unpaired) electrons. The van der Waals surface area contributed by atoms with Crippen LogP contribution in [0.5, 0.6) is 0 Å². The van der Waals surface area contributed by atoms with Crippen LogP contribution in [-0.4, -0.2) is 30.5 Å². The third-order valence-electron chi connectivity index (χ3n) is 3.14. The summed E-state index contributed by atoms with van der Waals surface area (Å²) in [6.07, 6.45) is 5.42. The summed E-state index contributed by atoms with van der Waals surface area (Å²) < 4.78 is 4.28. The molecule has 8 heteroatoms. The Labute approximate surface area is 141 Å². The predicted molar refractivity (Wildman–Crippen MR) is 88.7 cm³/mol. The van der Waals surface area contributed by atoms with E-state index in [9.17, 15) is 4.79 Å². The summed E-state index contributed by atoms with van der Waals surface area (Å²) in [7, 11) is 0. The van der Waals surface area contributed by atoms with Crippen molar-refractivity contribution in [2.24, 2.45) is 0 Å². The van der Waals surface area contributed by atoms with Crippen molar-refractivity contribution >= 4 is 27.8 Å². The number of carbonyl (C=O) groups is 1. The Morgan fingerprint density at radius 3 is 2.78 bits per heavy atom. The van der Waals surface area contributed by atoms with E-state index in [1.165, 1.54) is 0 Å². The van der Waals surface area contributed by atoms with Crippen molar-refractivity contribution in [3.8, 4) is 0 Å². The molecule has 0 atom stereocenters. The number of benzene rings is 1. The number of amides is 1. The maximum atomic E-state index is 11.9. The second-order valence-corrected chi connectivity index (χ2v) is 5.89. The van der Waals surface area contributed by atoms with Gasteiger partial charge in [0.15, 0.2) is 0 Å². The van der Waals surface area contributed by atoms with E-state index in [4.69, 9.17) is 0 Å². The Balaban J connectivity index is 1.51. The van der Waals surface area contributed by atoms with Crippen LogP contribution in [-0.2, 0) is 17.9 Å². The second kappa shape index (κ2) is 7.19. The van der Waals surface area contributed by atoms with E-state index in [1.54, 1.807) is 21.9 Å². The number of anilines is 1. The normalized spacial score (nSPS) is 10.7. The molecule has 2 heterocycles. The predicted octanol–water partition coefficient (Wildman–Crippen LogP) is 2.31. The van der Waals surface area contributed by atoms with Gasteiger partial charge in [-0.05, 0) is 21.5 Å². The van der Waals surface area contributed by atoms with E-state index < -0.39 is 0 Å². The minimum absolute atomic E-state index is 0.144. The maximum absolute atomic E-state index is 11.9. The number of halogens is 1. The quantitative estimate of drug-likeness (QED) is 0.717. The molecule has 3 rings (SSSR count). The van der Waals surface area contributed by atoms with Crippen LogP contribution in [0, 0.1) is 0 Å². The molecule has 1 N–H and O–H groups in total. The van der Waals surface area contributed by atoms with Crippen molar-refractivity contribution in [1.29, 1.82) is 0 Å². The van der Waals surface area contributed by atoms with Crippen LogP contribution < -0.4 is 5.32 Å². The van der Waals surface area contributed by atoms with Gasteiger partial charge in [0.05, 0.1) is 17.2 Å². The molecule has 2 aromatic heterocycles. The number of nitrogens with one attached hydrogen (secondary N) is 1. The summed E-state index contributed by atoms with van der Waals surface area (Å²) in [5, 5.41) is 11.0. The van der Waals surface area contributed by atoms with E-state index in [0.29, 0.717) is 25.5 Å². The lowest BCUT2D eigenvalue weighted by Gasteiger charge is -2.02. The Kier molecular flexibility index (Phi) is 4.82. The topological polar surface area (TPSA) is 77.6 Å². The largest absolute Gasteiger partial charge is 0.293 e. The highest BCUT2D eigenvalue weighted by Gasteiger charge is 2.07. The zero-order chi connectivity index (χ0) is 16.1. The summed E-state index contributed by atoms with van der Waals surface area (Å²) in [5.74, 6) is 0.168. The molecule has 3 aromatic rings. The fraction of sp³-hybridized carbons (Fsp3) is 0.200. The Morgan fingerprint density at radius 1 is 1.22 bits per heavy atom. The van der Waals surface area contributed by atoms with Crippen molar-refractivity contribution in [3.63, 3.8) is 0 Å². The zero-order valence-corrected chi connectivity index (χ0v) is 13.8. The molecule has 0 spiro atoms. The fourth-order valence-corrected chi connectivity index (χ4v) is 2.39. The molecule has 0 fully saturated rings. The third kappa shape index (κ3) is 4.49. The molecule has 118 valence electrons. The summed E-state index contributed by atoms with van der Waals surface area (Å²) in [6, 6.07) is 9.95. The van der Waals surface area contributed by atoms with E-state index >= 15 is 0 Å².